The molecule has 3 rings (SSSR count). The van der Waals surface area contributed by atoms with Crippen molar-refractivity contribution in [2.24, 2.45) is 0 Å². The van der Waals surface area contributed by atoms with Crippen LogP contribution in [0.1, 0.15) is 16.8 Å². The Morgan fingerprint density at radius 2 is 2.17 bits per heavy atom. The Morgan fingerprint density at radius 3 is 2.88 bits per heavy atom. The molecule has 7 heteroatoms. The minimum atomic E-state index is -0.0561. The highest BCUT2D eigenvalue weighted by Crippen LogP contribution is 2.27. The quantitative estimate of drug-likeness (QED) is 0.870. The molecule has 1 atom stereocenters. The average Bonchev–Trinajstić information content (AvgIpc) is 3.12. The zero-order valence-corrected chi connectivity index (χ0v) is 14.7. The van der Waals surface area contributed by atoms with Crippen LogP contribution in [-0.2, 0) is 0 Å². The number of benzene rings is 1. The maximum Gasteiger partial charge on any atom is 0.257 e. The van der Waals surface area contributed by atoms with Crippen molar-refractivity contribution >= 4 is 40.6 Å². The lowest BCUT2D eigenvalue weighted by Gasteiger charge is -2.24. The van der Waals surface area contributed by atoms with Gasteiger partial charge >= 0.3 is 0 Å². The number of likely N-dealkylation sites (N-methyl/N-ethyl adjacent to an activating group) is 1. The molecule has 24 heavy (non-hydrogen) atoms. The van der Waals surface area contributed by atoms with Crippen LogP contribution in [0.5, 0.6) is 0 Å². The van der Waals surface area contributed by atoms with Gasteiger partial charge in [0.2, 0.25) is 0 Å². The summed E-state index contributed by atoms with van der Waals surface area (Å²) < 4.78 is 0. The summed E-state index contributed by atoms with van der Waals surface area (Å²) in [4.78, 5) is 18.9. The van der Waals surface area contributed by atoms with Crippen LogP contribution in [0, 0.1) is 0 Å². The number of halogens is 2. The highest BCUT2D eigenvalue weighted by atomic mass is 35.5. The largest absolute Gasteiger partial charge is 0.340 e. The Labute approximate surface area is 151 Å². The number of rotatable bonds is 4. The first-order valence-corrected chi connectivity index (χ1v) is 8.47. The highest BCUT2D eigenvalue weighted by Gasteiger charge is 2.25. The Balaban J connectivity index is 1.84. The lowest BCUT2D eigenvalue weighted by molar-refractivity contribution is 0.0744. The number of nitrogens with zero attached hydrogens (tertiary/aromatic N) is 2. The zero-order valence-electron chi connectivity index (χ0n) is 13.2. The lowest BCUT2D eigenvalue weighted by atomic mass is 10.1. The first-order valence-electron chi connectivity index (χ1n) is 7.71. The molecule has 1 aliphatic rings. The maximum atomic E-state index is 12.8. The molecular formula is C17H18Cl2N4O. The van der Waals surface area contributed by atoms with Crippen LogP contribution in [0.25, 0.3) is 0 Å². The van der Waals surface area contributed by atoms with Crippen LogP contribution in [0.2, 0.25) is 10.0 Å². The van der Waals surface area contributed by atoms with Gasteiger partial charge in [0.25, 0.3) is 5.91 Å². The van der Waals surface area contributed by atoms with Crippen LogP contribution in [0.4, 0.5) is 11.5 Å². The van der Waals surface area contributed by atoms with Crippen LogP contribution in [0.3, 0.4) is 0 Å². The van der Waals surface area contributed by atoms with Crippen molar-refractivity contribution in [1.29, 1.82) is 0 Å². The lowest BCUT2D eigenvalue weighted by Crippen LogP contribution is -2.38. The van der Waals surface area contributed by atoms with Gasteiger partial charge in [-0.1, -0.05) is 23.2 Å². The number of hydrogen-bond acceptors (Lipinski definition) is 4. The monoisotopic (exact) mass is 364 g/mol. The first kappa shape index (κ1) is 17.0. The van der Waals surface area contributed by atoms with Crippen LogP contribution < -0.4 is 10.6 Å². The molecule has 2 heterocycles. The van der Waals surface area contributed by atoms with Crippen molar-refractivity contribution in [3.8, 4) is 0 Å². The molecule has 0 radical (unpaired) electrons. The molecule has 1 aliphatic heterocycles. The number of carbonyl (C=O) groups is 1. The summed E-state index contributed by atoms with van der Waals surface area (Å²) in [5, 5.41) is 7.35. The van der Waals surface area contributed by atoms with Crippen molar-refractivity contribution in [3.05, 3.63) is 52.1 Å². The molecule has 5 nitrogen and oxygen atoms in total. The summed E-state index contributed by atoms with van der Waals surface area (Å²) in [6, 6.07) is 8.93. The highest BCUT2D eigenvalue weighted by molar-refractivity contribution is 6.42. The number of nitrogens with one attached hydrogen (secondary N) is 2. The van der Waals surface area contributed by atoms with E-state index in [0.717, 1.165) is 25.2 Å². The van der Waals surface area contributed by atoms with E-state index in [2.05, 4.69) is 15.6 Å². The van der Waals surface area contributed by atoms with Crippen molar-refractivity contribution in [2.45, 2.75) is 12.5 Å². The SMILES string of the molecule is CN(C(=O)c1cccnc1Nc1ccc(Cl)c(Cl)c1)C1CCNC1. The standard InChI is InChI=1S/C17H18Cl2N4O/c1-23(12-6-8-20-10-12)17(24)13-3-2-7-21-16(13)22-11-4-5-14(18)15(19)9-11/h2-5,7,9,12,20H,6,8,10H2,1H3,(H,21,22). The third-order valence-corrected chi connectivity index (χ3v) is 4.86. The molecule has 0 bridgehead atoms. The summed E-state index contributed by atoms with van der Waals surface area (Å²) in [5.41, 5.74) is 1.25. The van der Waals surface area contributed by atoms with Crippen LogP contribution in [0.15, 0.2) is 36.5 Å². The number of pyridine rings is 1. The third kappa shape index (κ3) is 3.64. The molecule has 1 aromatic carbocycles. The smallest absolute Gasteiger partial charge is 0.257 e. The topological polar surface area (TPSA) is 57.3 Å². The van der Waals surface area contributed by atoms with Gasteiger partial charge < -0.3 is 15.5 Å². The molecule has 1 aromatic heterocycles. The van der Waals surface area contributed by atoms with Gasteiger partial charge in [-0.3, -0.25) is 4.79 Å². The number of aromatic nitrogens is 1. The third-order valence-electron chi connectivity index (χ3n) is 4.12. The molecule has 0 aliphatic carbocycles. The van der Waals surface area contributed by atoms with Gasteiger partial charge in [0.1, 0.15) is 5.82 Å². The maximum absolute atomic E-state index is 12.8. The minimum Gasteiger partial charge on any atom is -0.340 e. The predicted octanol–water partition coefficient (Wildman–Crippen LogP) is 3.57. The van der Waals surface area contributed by atoms with Gasteiger partial charge in [-0.05, 0) is 43.3 Å². The molecule has 126 valence electrons. The number of anilines is 2. The minimum absolute atomic E-state index is 0.0561. The van der Waals surface area contributed by atoms with Gasteiger partial charge in [0, 0.05) is 31.5 Å². The fourth-order valence-corrected chi connectivity index (χ4v) is 3.01. The number of carbonyl (C=O) groups excluding carboxylic acids is 1. The molecule has 0 spiro atoms. The van der Waals surface area contributed by atoms with E-state index in [0.29, 0.717) is 21.4 Å². The van der Waals surface area contributed by atoms with Gasteiger partial charge in [-0.15, -0.1) is 0 Å². The Morgan fingerprint density at radius 1 is 1.33 bits per heavy atom. The zero-order chi connectivity index (χ0) is 17.1. The second kappa shape index (κ2) is 7.38. The molecule has 1 unspecified atom stereocenters. The van der Waals surface area contributed by atoms with Crippen molar-refractivity contribution in [1.82, 2.24) is 15.2 Å². The fraction of sp³-hybridized carbons (Fsp3) is 0.294. The summed E-state index contributed by atoms with van der Waals surface area (Å²) in [6.45, 7) is 1.75. The Bertz CT molecular complexity index is 747. The summed E-state index contributed by atoms with van der Waals surface area (Å²) in [5.74, 6) is 0.443. The van der Waals surface area contributed by atoms with E-state index in [1.165, 1.54) is 0 Å². The van der Waals surface area contributed by atoms with E-state index in [9.17, 15) is 4.79 Å². The van der Waals surface area contributed by atoms with E-state index in [4.69, 9.17) is 23.2 Å². The molecule has 1 saturated heterocycles. The van der Waals surface area contributed by atoms with Gasteiger partial charge in [0.15, 0.2) is 0 Å². The van der Waals surface area contributed by atoms with Gasteiger partial charge in [-0.2, -0.15) is 0 Å². The van der Waals surface area contributed by atoms with Crippen LogP contribution >= 0.6 is 23.2 Å². The first-order chi connectivity index (χ1) is 11.6. The van der Waals surface area contributed by atoms with Gasteiger partial charge in [0.05, 0.1) is 15.6 Å². The van der Waals surface area contributed by atoms with E-state index in [1.54, 1.807) is 41.4 Å². The summed E-state index contributed by atoms with van der Waals surface area (Å²) >= 11 is 12.0. The van der Waals surface area contributed by atoms with E-state index >= 15 is 0 Å². The fourth-order valence-electron chi connectivity index (χ4n) is 2.71. The predicted molar refractivity (Wildman–Crippen MR) is 97.3 cm³/mol. The van der Waals surface area contributed by atoms with Crippen molar-refractivity contribution in [3.63, 3.8) is 0 Å². The Kier molecular flexibility index (Phi) is 5.23. The molecule has 2 N–H and O–H groups in total. The van der Waals surface area contributed by atoms with Crippen molar-refractivity contribution < 1.29 is 4.79 Å². The molecule has 2 aromatic rings. The Hall–Kier alpha value is -1.82. The molecule has 1 fully saturated rings. The van der Waals surface area contributed by atoms with E-state index in [-0.39, 0.29) is 11.9 Å². The molecule has 0 saturated carbocycles. The second-order valence-corrected chi connectivity index (χ2v) is 6.53. The van der Waals surface area contributed by atoms with E-state index in [1.807, 2.05) is 7.05 Å². The molecular weight excluding hydrogens is 347 g/mol. The number of amides is 1. The normalized spacial score (nSPS) is 16.9. The van der Waals surface area contributed by atoms with Crippen LogP contribution in [-0.4, -0.2) is 42.0 Å². The molecule has 1 amide bonds. The summed E-state index contributed by atoms with van der Waals surface area (Å²) in [7, 11) is 1.83. The van der Waals surface area contributed by atoms with E-state index < -0.39 is 0 Å². The summed E-state index contributed by atoms with van der Waals surface area (Å²) in [6.07, 6.45) is 2.60. The van der Waals surface area contributed by atoms with Gasteiger partial charge in [-0.25, -0.2) is 4.98 Å². The average molecular weight is 365 g/mol. The second-order valence-electron chi connectivity index (χ2n) is 5.72. The number of hydrogen-bond donors (Lipinski definition) is 2. The van der Waals surface area contributed by atoms with Crippen molar-refractivity contribution in [2.75, 3.05) is 25.5 Å².